The zero-order valence-electron chi connectivity index (χ0n) is 9.80. The molecule has 0 saturated carbocycles. The fraction of sp³-hybridized carbons (Fsp3) is 0.667. The molecule has 0 amide bonds. The van der Waals surface area contributed by atoms with E-state index in [4.69, 9.17) is 15.3 Å². The van der Waals surface area contributed by atoms with Crippen molar-refractivity contribution in [3.8, 4) is 0 Å². The van der Waals surface area contributed by atoms with Gasteiger partial charge in [-0.05, 0) is 6.92 Å². The number of hydrogen-bond donors (Lipinski definition) is 3. The van der Waals surface area contributed by atoms with Gasteiger partial charge in [0.2, 0.25) is 6.29 Å². The summed E-state index contributed by atoms with van der Waals surface area (Å²) in [6.45, 7) is 4.16. The Morgan fingerprint density at radius 3 is 1.42 bits per heavy atom. The van der Waals surface area contributed by atoms with Crippen LogP contribution in [0.3, 0.4) is 0 Å². The van der Waals surface area contributed by atoms with Crippen LogP contribution in [0.25, 0.3) is 0 Å². The van der Waals surface area contributed by atoms with Crippen LogP contribution in [0.1, 0.15) is 13.8 Å². The topological polar surface area (TPSA) is 77.8 Å². The highest BCUT2D eigenvalue weighted by atomic mass is 19.3. The van der Waals surface area contributed by atoms with E-state index in [0.29, 0.717) is 0 Å². The molecular weight excluding hydrogens is 286 g/mol. The van der Waals surface area contributed by atoms with Crippen molar-refractivity contribution >= 4 is 5.97 Å². The van der Waals surface area contributed by atoms with E-state index in [9.17, 15) is 31.1 Å². The molecule has 10 heteroatoms. The molecule has 0 aromatic carbocycles. The number of alkyl halides is 6. The number of aliphatic hydroxyl groups excluding tert-OH is 1. The minimum absolute atomic E-state index is 0.176. The van der Waals surface area contributed by atoms with Crippen molar-refractivity contribution in [2.75, 3.05) is 0 Å². The molecule has 0 aromatic rings. The van der Waals surface area contributed by atoms with E-state index in [2.05, 4.69) is 6.58 Å². The van der Waals surface area contributed by atoms with Gasteiger partial charge in [-0.3, -0.25) is 0 Å². The van der Waals surface area contributed by atoms with Crippen LogP contribution >= 0.6 is 0 Å². The van der Waals surface area contributed by atoms with Gasteiger partial charge in [0.15, 0.2) is 0 Å². The molecule has 0 heterocycles. The Balaban J connectivity index is 0. The summed E-state index contributed by atoms with van der Waals surface area (Å²) in [7, 11) is 0. The largest absolute Gasteiger partial charge is 0.478 e. The van der Waals surface area contributed by atoms with Crippen molar-refractivity contribution in [3.05, 3.63) is 12.2 Å². The number of carbonyl (C=O) groups is 1. The van der Waals surface area contributed by atoms with E-state index in [-0.39, 0.29) is 5.57 Å². The van der Waals surface area contributed by atoms with Crippen LogP contribution in [-0.2, 0) is 4.79 Å². The molecule has 0 fully saturated rings. The smallest absolute Gasteiger partial charge is 0.376 e. The average molecular weight is 298 g/mol. The maximum Gasteiger partial charge on any atom is 0.376 e. The first-order valence-corrected chi connectivity index (χ1v) is 4.47. The summed E-state index contributed by atoms with van der Waals surface area (Å²) >= 11 is 0. The van der Waals surface area contributed by atoms with Gasteiger partial charge >= 0.3 is 23.7 Å². The summed E-state index contributed by atoms with van der Waals surface area (Å²) < 4.78 is 72.3. The molecule has 19 heavy (non-hydrogen) atoms. The molecule has 0 radical (unpaired) electrons. The maximum atomic E-state index is 12.1. The third-order valence-electron chi connectivity index (χ3n) is 1.66. The molecule has 0 bridgehead atoms. The van der Waals surface area contributed by atoms with Gasteiger partial charge in [0.1, 0.15) is 0 Å². The lowest BCUT2D eigenvalue weighted by Gasteiger charge is -2.31. The van der Waals surface area contributed by atoms with Crippen molar-refractivity contribution in [3.63, 3.8) is 0 Å². The highest BCUT2D eigenvalue weighted by molar-refractivity contribution is 5.84. The van der Waals surface area contributed by atoms with Crippen molar-refractivity contribution in [1.82, 2.24) is 0 Å². The van der Waals surface area contributed by atoms with Crippen LogP contribution in [0, 0.1) is 0 Å². The normalized spacial score (nSPS) is 12.8. The van der Waals surface area contributed by atoms with Gasteiger partial charge in [-0.25, -0.2) is 4.79 Å². The van der Waals surface area contributed by atoms with E-state index in [1.165, 1.54) is 6.92 Å². The first-order chi connectivity index (χ1) is 8.09. The molecule has 0 spiro atoms. The third kappa shape index (κ3) is 5.07. The number of rotatable bonds is 4. The summed E-state index contributed by atoms with van der Waals surface area (Å²) in [5, 5.41) is 23.4. The Labute approximate surface area is 104 Å². The van der Waals surface area contributed by atoms with Crippen LogP contribution < -0.4 is 0 Å². The molecule has 0 atom stereocenters. The molecular formula is C9H12F6O4. The Morgan fingerprint density at radius 1 is 1.11 bits per heavy atom. The van der Waals surface area contributed by atoms with E-state index in [1.54, 1.807) is 0 Å². The number of carboxylic acids is 1. The SMILES string of the molecule is C=C(C)C(=O)O.CC(F)(F)C(F)(F)C(F)(F)C(O)O. The summed E-state index contributed by atoms with van der Waals surface area (Å²) in [4.78, 5) is 9.60. The maximum absolute atomic E-state index is 12.1. The lowest BCUT2D eigenvalue weighted by Crippen LogP contribution is -2.58. The Kier molecular flexibility index (Phi) is 6.58. The van der Waals surface area contributed by atoms with Gasteiger partial charge in [0.05, 0.1) is 0 Å². The molecule has 0 aliphatic heterocycles. The zero-order chi connectivity index (χ0) is 16.2. The highest BCUT2D eigenvalue weighted by Crippen LogP contribution is 2.46. The highest BCUT2D eigenvalue weighted by Gasteiger charge is 2.72. The average Bonchev–Trinajstić information content (AvgIpc) is 2.15. The number of carboxylic acid groups (broad SMARTS) is 1. The molecule has 3 N–H and O–H groups in total. The first-order valence-electron chi connectivity index (χ1n) is 4.47. The van der Waals surface area contributed by atoms with Gasteiger partial charge in [0.25, 0.3) is 0 Å². The third-order valence-corrected chi connectivity index (χ3v) is 1.66. The van der Waals surface area contributed by atoms with Gasteiger partial charge in [-0.15, -0.1) is 0 Å². The minimum Gasteiger partial charge on any atom is -0.478 e. The van der Waals surface area contributed by atoms with E-state index in [1.807, 2.05) is 0 Å². The fourth-order valence-electron chi connectivity index (χ4n) is 0.455. The van der Waals surface area contributed by atoms with Crippen molar-refractivity contribution < 1.29 is 46.5 Å². The van der Waals surface area contributed by atoms with Gasteiger partial charge in [0, 0.05) is 12.5 Å². The van der Waals surface area contributed by atoms with Gasteiger partial charge < -0.3 is 15.3 Å². The summed E-state index contributed by atoms with van der Waals surface area (Å²) in [5.74, 6) is -17.4. The second-order valence-electron chi connectivity index (χ2n) is 3.54. The number of aliphatic carboxylic acids is 1. The fourth-order valence-corrected chi connectivity index (χ4v) is 0.455. The number of hydrogen-bond acceptors (Lipinski definition) is 3. The Morgan fingerprint density at radius 2 is 1.37 bits per heavy atom. The van der Waals surface area contributed by atoms with Crippen LogP contribution in [-0.4, -0.2) is 45.3 Å². The van der Waals surface area contributed by atoms with E-state index in [0.717, 1.165) is 0 Å². The van der Waals surface area contributed by atoms with E-state index >= 15 is 0 Å². The molecule has 0 rings (SSSR count). The first kappa shape index (κ1) is 20.0. The molecule has 0 aliphatic carbocycles. The molecule has 0 aromatic heterocycles. The monoisotopic (exact) mass is 298 g/mol. The van der Waals surface area contributed by atoms with Crippen molar-refractivity contribution in [2.24, 2.45) is 0 Å². The summed E-state index contributed by atoms with van der Waals surface area (Å²) in [6.07, 6.45) is -3.84. The second kappa shape index (κ2) is 6.24. The zero-order valence-corrected chi connectivity index (χ0v) is 9.80. The molecule has 0 unspecified atom stereocenters. The lowest BCUT2D eigenvalue weighted by atomic mass is 10.1. The Bertz CT molecular complexity index is 322. The predicted octanol–water partition coefficient (Wildman–Crippen LogP) is 1.87. The van der Waals surface area contributed by atoms with Gasteiger partial charge in [-0.1, -0.05) is 6.58 Å². The van der Waals surface area contributed by atoms with Crippen LogP contribution in [0.2, 0.25) is 0 Å². The number of aliphatic hydroxyl groups is 2. The van der Waals surface area contributed by atoms with Crippen LogP contribution in [0.4, 0.5) is 26.3 Å². The van der Waals surface area contributed by atoms with Crippen LogP contribution in [0.5, 0.6) is 0 Å². The Hall–Kier alpha value is -1.29. The molecule has 0 aliphatic rings. The standard InChI is InChI=1S/C5H6F6O2.C4H6O2/c1-3(6,7)5(10,11)4(8,9)2(12)13;1-3(2)4(5)6/h2,12-13H,1H3;1H2,2H3,(H,5,6). The van der Waals surface area contributed by atoms with Crippen molar-refractivity contribution in [2.45, 2.75) is 37.9 Å². The number of halogens is 6. The molecule has 0 saturated heterocycles. The van der Waals surface area contributed by atoms with Crippen molar-refractivity contribution in [1.29, 1.82) is 0 Å². The van der Waals surface area contributed by atoms with Crippen LogP contribution in [0.15, 0.2) is 12.2 Å². The minimum atomic E-state index is -5.81. The lowest BCUT2D eigenvalue weighted by molar-refractivity contribution is -0.356. The summed E-state index contributed by atoms with van der Waals surface area (Å²) in [5.41, 5.74) is 0.176. The second-order valence-corrected chi connectivity index (χ2v) is 3.54. The quantitative estimate of drug-likeness (QED) is 0.420. The predicted molar refractivity (Wildman–Crippen MR) is 51.2 cm³/mol. The summed E-state index contributed by atoms with van der Waals surface area (Å²) in [6, 6.07) is 0. The van der Waals surface area contributed by atoms with E-state index < -0.39 is 37.0 Å². The molecule has 114 valence electrons. The molecule has 4 nitrogen and oxygen atoms in total. The van der Waals surface area contributed by atoms with Gasteiger partial charge in [-0.2, -0.15) is 26.3 Å².